The van der Waals surface area contributed by atoms with Gasteiger partial charge in [-0.3, -0.25) is 0 Å². The Morgan fingerprint density at radius 1 is 1.37 bits per heavy atom. The Kier molecular flexibility index (Phi) is 4.39. The second-order valence-corrected chi connectivity index (χ2v) is 5.12. The number of nitrogens with one attached hydrogen (secondary N) is 1. The average molecular weight is 342 g/mol. The van der Waals surface area contributed by atoms with Crippen molar-refractivity contribution in [1.82, 2.24) is 4.98 Å². The van der Waals surface area contributed by atoms with Crippen molar-refractivity contribution in [2.24, 2.45) is 0 Å². The van der Waals surface area contributed by atoms with Gasteiger partial charge < -0.3 is 10.4 Å². The van der Waals surface area contributed by atoms with Gasteiger partial charge in [0.05, 0.1) is 22.9 Å². The van der Waals surface area contributed by atoms with Gasteiger partial charge >= 0.3 is 5.97 Å². The highest BCUT2D eigenvalue weighted by Crippen LogP contribution is 2.25. The molecule has 19 heavy (non-hydrogen) atoms. The summed E-state index contributed by atoms with van der Waals surface area (Å²) in [6.07, 6.45) is 0. The molecule has 2 aromatic rings. The van der Waals surface area contributed by atoms with Gasteiger partial charge in [0, 0.05) is 4.47 Å². The minimum absolute atomic E-state index is 0.0274. The van der Waals surface area contributed by atoms with Crippen LogP contribution in [0.5, 0.6) is 0 Å². The molecule has 1 heterocycles. The van der Waals surface area contributed by atoms with Crippen LogP contribution in [0.3, 0.4) is 0 Å². The smallest absolute Gasteiger partial charge is 0.354 e. The largest absolute Gasteiger partial charge is 0.477 e. The summed E-state index contributed by atoms with van der Waals surface area (Å²) in [5.41, 5.74) is 1.43. The molecule has 0 atom stereocenters. The molecule has 0 radical (unpaired) electrons. The second kappa shape index (κ2) is 6.04. The minimum atomic E-state index is -1.04. The van der Waals surface area contributed by atoms with Gasteiger partial charge in [0.15, 0.2) is 0 Å². The summed E-state index contributed by atoms with van der Waals surface area (Å²) in [5, 5.41) is 12.6. The molecule has 0 aliphatic carbocycles. The highest BCUT2D eigenvalue weighted by molar-refractivity contribution is 9.10. The number of pyridine rings is 1. The number of aromatic nitrogens is 1. The lowest BCUT2D eigenvalue weighted by atomic mass is 10.2. The third kappa shape index (κ3) is 3.68. The summed E-state index contributed by atoms with van der Waals surface area (Å²) in [5.74, 6) is -1.04. The van der Waals surface area contributed by atoms with Crippen molar-refractivity contribution in [2.45, 2.75) is 6.54 Å². The zero-order chi connectivity index (χ0) is 13.8. The fourth-order valence-corrected chi connectivity index (χ4v) is 2.06. The van der Waals surface area contributed by atoms with Crippen LogP contribution in [0.1, 0.15) is 16.2 Å². The maximum Gasteiger partial charge on any atom is 0.354 e. The number of aromatic carboxylic acids is 1. The van der Waals surface area contributed by atoms with Crippen molar-refractivity contribution in [3.05, 3.63) is 57.3 Å². The summed E-state index contributed by atoms with van der Waals surface area (Å²) in [4.78, 5) is 14.8. The number of carboxylic acid groups (broad SMARTS) is 1. The maximum absolute atomic E-state index is 10.8. The van der Waals surface area contributed by atoms with Crippen LogP contribution in [0, 0.1) is 0 Å². The topological polar surface area (TPSA) is 62.2 Å². The monoisotopic (exact) mass is 340 g/mol. The van der Waals surface area contributed by atoms with E-state index in [9.17, 15) is 4.79 Å². The van der Waals surface area contributed by atoms with Gasteiger partial charge in [-0.1, -0.05) is 33.6 Å². The third-order valence-corrected chi connectivity index (χ3v) is 3.24. The first-order chi connectivity index (χ1) is 9.06. The number of halogens is 2. The average Bonchev–Trinajstić information content (AvgIpc) is 2.40. The summed E-state index contributed by atoms with van der Waals surface area (Å²) >= 11 is 9.41. The van der Waals surface area contributed by atoms with Crippen molar-refractivity contribution >= 4 is 39.2 Å². The SMILES string of the molecule is O=C(O)c1cccc(CNc2cc(Br)ccc2Cl)n1. The van der Waals surface area contributed by atoms with Crippen molar-refractivity contribution < 1.29 is 9.90 Å². The van der Waals surface area contributed by atoms with Crippen LogP contribution < -0.4 is 5.32 Å². The molecule has 1 aromatic carbocycles. The fraction of sp³-hybridized carbons (Fsp3) is 0.0769. The summed E-state index contributed by atoms with van der Waals surface area (Å²) in [7, 11) is 0. The van der Waals surface area contributed by atoms with Gasteiger partial charge in [-0.05, 0) is 30.3 Å². The van der Waals surface area contributed by atoms with E-state index in [0.717, 1.165) is 10.2 Å². The third-order valence-electron chi connectivity index (χ3n) is 2.41. The molecule has 0 amide bonds. The zero-order valence-corrected chi connectivity index (χ0v) is 12.1. The van der Waals surface area contributed by atoms with E-state index in [0.29, 0.717) is 17.3 Å². The first kappa shape index (κ1) is 13.8. The quantitative estimate of drug-likeness (QED) is 0.888. The molecule has 2 rings (SSSR count). The molecular formula is C13H10BrClN2O2. The molecule has 2 N–H and O–H groups in total. The van der Waals surface area contributed by atoms with Crippen LogP contribution in [0.15, 0.2) is 40.9 Å². The first-order valence-corrected chi connectivity index (χ1v) is 6.61. The Balaban J connectivity index is 2.12. The normalized spacial score (nSPS) is 10.2. The van der Waals surface area contributed by atoms with Crippen LogP contribution >= 0.6 is 27.5 Å². The van der Waals surface area contributed by atoms with Crippen molar-refractivity contribution in [2.75, 3.05) is 5.32 Å². The van der Waals surface area contributed by atoms with E-state index in [1.807, 2.05) is 12.1 Å². The van der Waals surface area contributed by atoms with E-state index in [-0.39, 0.29) is 5.69 Å². The van der Waals surface area contributed by atoms with Crippen LogP contribution in [0.25, 0.3) is 0 Å². The van der Waals surface area contributed by atoms with E-state index in [2.05, 4.69) is 26.2 Å². The van der Waals surface area contributed by atoms with Gasteiger partial charge in [-0.25, -0.2) is 9.78 Å². The van der Waals surface area contributed by atoms with Crippen molar-refractivity contribution in [3.63, 3.8) is 0 Å². The molecule has 0 spiro atoms. The molecule has 0 bridgehead atoms. The van der Waals surface area contributed by atoms with Crippen LogP contribution in [0.2, 0.25) is 5.02 Å². The lowest BCUT2D eigenvalue weighted by Gasteiger charge is -2.08. The number of carbonyl (C=O) groups is 1. The van der Waals surface area contributed by atoms with Crippen molar-refractivity contribution in [3.8, 4) is 0 Å². The molecule has 0 unspecified atom stereocenters. The number of hydrogen-bond donors (Lipinski definition) is 2. The minimum Gasteiger partial charge on any atom is -0.477 e. The lowest BCUT2D eigenvalue weighted by molar-refractivity contribution is 0.0690. The molecule has 0 aliphatic heterocycles. The molecule has 0 saturated heterocycles. The highest BCUT2D eigenvalue weighted by atomic mass is 79.9. The molecule has 0 aliphatic rings. The van der Waals surface area contributed by atoms with E-state index in [1.165, 1.54) is 6.07 Å². The summed E-state index contributed by atoms with van der Waals surface area (Å²) in [6.45, 7) is 0.400. The van der Waals surface area contributed by atoms with Gasteiger partial charge in [0.1, 0.15) is 5.69 Å². The second-order valence-electron chi connectivity index (χ2n) is 3.80. The first-order valence-electron chi connectivity index (χ1n) is 5.44. The molecule has 6 heteroatoms. The number of benzene rings is 1. The maximum atomic E-state index is 10.8. The lowest BCUT2D eigenvalue weighted by Crippen LogP contribution is -2.06. The zero-order valence-electron chi connectivity index (χ0n) is 9.73. The number of rotatable bonds is 4. The van der Waals surface area contributed by atoms with E-state index in [4.69, 9.17) is 16.7 Å². The number of hydrogen-bond acceptors (Lipinski definition) is 3. The Bertz CT molecular complexity index is 619. The van der Waals surface area contributed by atoms with E-state index < -0.39 is 5.97 Å². The van der Waals surface area contributed by atoms with E-state index >= 15 is 0 Å². The summed E-state index contributed by atoms with van der Waals surface area (Å²) < 4.78 is 0.909. The van der Waals surface area contributed by atoms with Gasteiger partial charge in [-0.15, -0.1) is 0 Å². The number of nitrogens with zero attached hydrogens (tertiary/aromatic N) is 1. The molecule has 98 valence electrons. The molecule has 1 aromatic heterocycles. The van der Waals surface area contributed by atoms with Gasteiger partial charge in [0.2, 0.25) is 0 Å². The van der Waals surface area contributed by atoms with Gasteiger partial charge in [-0.2, -0.15) is 0 Å². The standard InChI is InChI=1S/C13H10BrClN2O2/c14-8-4-5-10(15)12(6-8)16-7-9-2-1-3-11(17-9)13(18)19/h1-6,16H,7H2,(H,18,19). The Labute approximate surface area is 123 Å². The highest BCUT2D eigenvalue weighted by Gasteiger charge is 2.06. The molecule has 4 nitrogen and oxygen atoms in total. The Morgan fingerprint density at radius 3 is 2.89 bits per heavy atom. The van der Waals surface area contributed by atoms with E-state index in [1.54, 1.807) is 18.2 Å². The summed E-state index contributed by atoms with van der Waals surface area (Å²) in [6, 6.07) is 10.3. The molecular weight excluding hydrogens is 332 g/mol. The molecule has 0 fully saturated rings. The predicted molar refractivity (Wildman–Crippen MR) is 77.7 cm³/mol. The van der Waals surface area contributed by atoms with Crippen LogP contribution in [0.4, 0.5) is 5.69 Å². The predicted octanol–water partition coefficient (Wildman–Crippen LogP) is 3.81. The van der Waals surface area contributed by atoms with Gasteiger partial charge in [0.25, 0.3) is 0 Å². The number of carboxylic acids is 1. The molecule has 0 saturated carbocycles. The van der Waals surface area contributed by atoms with Crippen molar-refractivity contribution in [1.29, 1.82) is 0 Å². The fourth-order valence-electron chi connectivity index (χ4n) is 1.52. The van der Waals surface area contributed by atoms with Crippen LogP contribution in [-0.2, 0) is 6.54 Å². The Hall–Kier alpha value is -1.59. The van der Waals surface area contributed by atoms with Crippen LogP contribution in [-0.4, -0.2) is 16.1 Å². The number of anilines is 1. The Morgan fingerprint density at radius 2 is 2.16 bits per heavy atom.